The highest BCUT2D eigenvalue weighted by Gasteiger charge is 2.37. The van der Waals surface area contributed by atoms with Gasteiger partial charge >= 0.3 is 0 Å². The second-order valence-corrected chi connectivity index (χ2v) is 5.62. The van der Waals surface area contributed by atoms with Gasteiger partial charge in [0.05, 0.1) is 21.3 Å². The normalized spacial score (nSPS) is 21.2. The van der Waals surface area contributed by atoms with E-state index in [1.54, 1.807) is 21.3 Å². The predicted octanol–water partition coefficient (Wildman–Crippen LogP) is 2.43. The standard InChI is InChI=1S/C15H23NO3/c1-15(2)9-16-8-11(15)10-6-13(18-4)14(19-5)7-12(10)17-3/h6-7,11,16H,8-9H2,1-5H3. The van der Waals surface area contributed by atoms with Crippen molar-refractivity contribution in [3.05, 3.63) is 17.7 Å². The Labute approximate surface area is 115 Å². The number of benzene rings is 1. The summed E-state index contributed by atoms with van der Waals surface area (Å²) < 4.78 is 16.3. The lowest BCUT2D eigenvalue weighted by molar-refractivity contribution is 0.330. The molecule has 1 aromatic carbocycles. The Balaban J connectivity index is 2.49. The molecule has 0 amide bonds. The third-order valence-electron chi connectivity index (χ3n) is 3.98. The summed E-state index contributed by atoms with van der Waals surface area (Å²) in [7, 11) is 4.99. The lowest BCUT2D eigenvalue weighted by Gasteiger charge is -2.28. The smallest absolute Gasteiger partial charge is 0.164 e. The summed E-state index contributed by atoms with van der Waals surface area (Å²) in [6.45, 7) is 6.51. The van der Waals surface area contributed by atoms with Crippen molar-refractivity contribution in [2.45, 2.75) is 19.8 Å². The maximum Gasteiger partial charge on any atom is 0.164 e. The first-order valence-corrected chi connectivity index (χ1v) is 6.54. The molecule has 1 N–H and O–H groups in total. The highest BCUT2D eigenvalue weighted by atomic mass is 16.5. The minimum Gasteiger partial charge on any atom is -0.496 e. The fraction of sp³-hybridized carbons (Fsp3) is 0.600. The Morgan fingerprint density at radius 2 is 1.58 bits per heavy atom. The average Bonchev–Trinajstić information content (AvgIpc) is 2.76. The van der Waals surface area contributed by atoms with E-state index in [0.29, 0.717) is 11.7 Å². The van der Waals surface area contributed by atoms with Crippen molar-refractivity contribution in [2.24, 2.45) is 5.41 Å². The molecule has 1 aliphatic rings. The van der Waals surface area contributed by atoms with Gasteiger partial charge in [0.1, 0.15) is 5.75 Å². The van der Waals surface area contributed by atoms with Crippen LogP contribution in [0.3, 0.4) is 0 Å². The molecule has 19 heavy (non-hydrogen) atoms. The lowest BCUT2D eigenvalue weighted by atomic mass is 9.77. The van der Waals surface area contributed by atoms with Crippen LogP contribution in [0.2, 0.25) is 0 Å². The maximum absolute atomic E-state index is 5.53. The molecule has 4 heteroatoms. The van der Waals surface area contributed by atoms with Crippen molar-refractivity contribution in [3.63, 3.8) is 0 Å². The maximum atomic E-state index is 5.53. The summed E-state index contributed by atoms with van der Waals surface area (Å²) in [5.41, 5.74) is 1.38. The first kappa shape index (κ1) is 14.0. The van der Waals surface area contributed by atoms with Crippen LogP contribution in [0, 0.1) is 5.41 Å². The van der Waals surface area contributed by atoms with Crippen molar-refractivity contribution >= 4 is 0 Å². The fourth-order valence-corrected chi connectivity index (χ4v) is 2.79. The van der Waals surface area contributed by atoms with E-state index in [1.807, 2.05) is 12.1 Å². The number of ether oxygens (including phenoxy) is 3. The molecule has 1 fully saturated rings. The van der Waals surface area contributed by atoms with E-state index in [2.05, 4.69) is 19.2 Å². The van der Waals surface area contributed by atoms with E-state index in [4.69, 9.17) is 14.2 Å². The summed E-state index contributed by atoms with van der Waals surface area (Å²) >= 11 is 0. The molecule has 0 saturated carbocycles. The molecule has 106 valence electrons. The molecule has 0 radical (unpaired) electrons. The molecule has 1 atom stereocenters. The Morgan fingerprint density at radius 3 is 2.05 bits per heavy atom. The molecular formula is C15H23NO3. The lowest BCUT2D eigenvalue weighted by Crippen LogP contribution is -2.21. The van der Waals surface area contributed by atoms with Gasteiger partial charge in [0.25, 0.3) is 0 Å². The fourth-order valence-electron chi connectivity index (χ4n) is 2.79. The van der Waals surface area contributed by atoms with Crippen molar-refractivity contribution in [3.8, 4) is 17.2 Å². The Morgan fingerprint density at radius 1 is 1.00 bits per heavy atom. The minimum absolute atomic E-state index is 0.201. The van der Waals surface area contributed by atoms with Gasteiger partial charge in [-0.1, -0.05) is 13.8 Å². The number of hydrogen-bond acceptors (Lipinski definition) is 4. The van der Waals surface area contributed by atoms with Gasteiger partial charge in [-0.2, -0.15) is 0 Å². The zero-order valence-electron chi connectivity index (χ0n) is 12.4. The van der Waals surface area contributed by atoms with E-state index in [-0.39, 0.29) is 5.41 Å². The van der Waals surface area contributed by atoms with Crippen LogP contribution in [0.5, 0.6) is 17.2 Å². The molecule has 0 aliphatic carbocycles. The van der Waals surface area contributed by atoms with Gasteiger partial charge < -0.3 is 19.5 Å². The Hall–Kier alpha value is -1.42. The number of hydrogen-bond donors (Lipinski definition) is 1. The van der Waals surface area contributed by atoms with Crippen LogP contribution in [0.4, 0.5) is 0 Å². The van der Waals surface area contributed by atoms with Gasteiger partial charge in [0, 0.05) is 30.6 Å². The molecule has 0 aromatic heterocycles. The summed E-state index contributed by atoms with van der Waals surface area (Å²) in [5, 5.41) is 3.45. The highest BCUT2D eigenvalue weighted by Crippen LogP contribution is 2.45. The second-order valence-electron chi connectivity index (χ2n) is 5.62. The van der Waals surface area contributed by atoms with Crippen LogP contribution in [-0.2, 0) is 0 Å². The van der Waals surface area contributed by atoms with Crippen LogP contribution in [-0.4, -0.2) is 34.4 Å². The van der Waals surface area contributed by atoms with Gasteiger partial charge in [0.15, 0.2) is 11.5 Å². The Kier molecular flexibility index (Phi) is 3.90. The first-order valence-electron chi connectivity index (χ1n) is 6.54. The van der Waals surface area contributed by atoms with Crippen molar-refractivity contribution in [2.75, 3.05) is 34.4 Å². The number of nitrogens with one attached hydrogen (secondary N) is 1. The molecule has 0 spiro atoms. The molecule has 4 nitrogen and oxygen atoms in total. The third kappa shape index (κ3) is 2.50. The molecule has 2 rings (SSSR count). The van der Waals surface area contributed by atoms with E-state index >= 15 is 0 Å². The second kappa shape index (κ2) is 5.29. The zero-order valence-corrected chi connectivity index (χ0v) is 12.4. The third-order valence-corrected chi connectivity index (χ3v) is 3.98. The van der Waals surface area contributed by atoms with Crippen LogP contribution < -0.4 is 19.5 Å². The zero-order chi connectivity index (χ0) is 14.0. The summed E-state index contributed by atoms with van der Waals surface area (Å²) in [6, 6.07) is 3.94. The van der Waals surface area contributed by atoms with E-state index in [9.17, 15) is 0 Å². The van der Waals surface area contributed by atoms with Crippen molar-refractivity contribution < 1.29 is 14.2 Å². The average molecular weight is 265 g/mol. The molecule has 1 heterocycles. The molecular weight excluding hydrogens is 242 g/mol. The number of methoxy groups -OCH3 is 3. The quantitative estimate of drug-likeness (QED) is 0.907. The van der Waals surface area contributed by atoms with Gasteiger partial charge in [-0.25, -0.2) is 0 Å². The minimum atomic E-state index is 0.201. The van der Waals surface area contributed by atoms with Crippen LogP contribution in [0.1, 0.15) is 25.3 Å². The molecule has 1 saturated heterocycles. The topological polar surface area (TPSA) is 39.7 Å². The summed E-state index contributed by atoms with van der Waals surface area (Å²) in [6.07, 6.45) is 0. The van der Waals surface area contributed by atoms with Gasteiger partial charge in [-0.15, -0.1) is 0 Å². The predicted molar refractivity (Wildman–Crippen MR) is 75.5 cm³/mol. The Bertz CT molecular complexity index is 457. The SMILES string of the molecule is COc1cc(OC)c(C2CNCC2(C)C)cc1OC. The molecule has 1 aliphatic heterocycles. The largest absolute Gasteiger partial charge is 0.496 e. The van der Waals surface area contributed by atoms with Crippen LogP contribution in [0.15, 0.2) is 12.1 Å². The van der Waals surface area contributed by atoms with Gasteiger partial charge in [-0.05, 0) is 11.5 Å². The summed E-state index contributed by atoms with van der Waals surface area (Å²) in [4.78, 5) is 0. The molecule has 0 bridgehead atoms. The first-order chi connectivity index (χ1) is 9.03. The highest BCUT2D eigenvalue weighted by molar-refractivity contribution is 5.52. The monoisotopic (exact) mass is 265 g/mol. The van der Waals surface area contributed by atoms with Crippen LogP contribution in [0.25, 0.3) is 0 Å². The van der Waals surface area contributed by atoms with Crippen molar-refractivity contribution in [1.29, 1.82) is 0 Å². The van der Waals surface area contributed by atoms with E-state index in [1.165, 1.54) is 5.56 Å². The van der Waals surface area contributed by atoms with Gasteiger partial charge in [0.2, 0.25) is 0 Å². The van der Waals surface area contributed by atoms with E-state index in [0.717, 1.165) is 24.6 Å². The summed E-state index contributed by atoms with van der Waals surface area (Å²) in [5.74, 6) is 2.72. The molecule has 1 unspecified atom stereocenters. The van der Waals surface area contributed by atoms with Crippen LogP contribution >= 0.6 is 0 Å². The van der Waals surface area contributed by atoms with Crippen molar-refractivity contribution in [1.82, 2.24) is 5.32 Å². The van der Waals surface area contributed by atoms with E-state index < -0.39 is 0 Å². The van der Waals surface area contributed by atoms with Gasteiger partial charge in [-0.3, -0.25) is 0 Å². The number of rotatable bonds is 4. The molecule has 1 aromatic rings.